The standard InChI is InChI=1S/C37H54N8O8S/c1-21(47)30(19-46)45(31(20-54)33(41)49)37(53)32(22(2)48)43-35(51)28(13-8-9-15-38)42-34(50)26(39)17-24-18-44(29-14-7-6-12-25(24)29)36(52)27(40)16-23-10-4-3-5-11-23/h3-7,10-12,14,18,21-22,26-28,30-32,46-48,54H,8-9,13,15-17,19-20,38-40H2,1-2H3,(H2,41,49)(H,42,50)(H,43,51)/t21?,22-,26-,27+,28+,30?,31+,32+/m1/s1. The van der Waals surface area contributed by atoms with Crippen molar-refractivity contribution in [1.82, 2.24) is 20.1 Å². The van der Waals surface area contributed by atoms with Gasteiger partial charge in [-0.25, -0.2) is 0 Å². The SMILES string of the molecule is CC(O)C(CO)N(C(=O)[C@@H](NC(=O)[C@H](CCCCN)NC(=O)[C@H](N)Cc1cn(C(=O)[C@@H](N)Cc2ccccc2)c2ccccc12)[C@@H](C)O)[C@@H](CS)C(N)=O. The molecule has 2 aromatic carbocycles. The van der Waals surface area contributed by atoms with E-state index in [0.29, 0.717) is 42.3 Å². The molecule has 54 heavy (non-hydrogen) atoms. The fraction of sp³-hybridized carbons (Fsp3) is 0.486. The van der Waals surface area contributed by atoms with Crippen molar-refractivity contribution in [3.05, 3.63) is 71.9 Å². The number of hydrogen-bond acceptors (Lipinski definition) is 12. The van der Waals surface area contributed by atoms with Crippen molar-refractivity contribution in [2.75, 3.05) is 18.9 Å². The summed E-state index contributed by atoms with van der Waals surface area (Å²) in [6.07, 6.45) is 0.0443. The highest BCUT2D eigenvalue weighted by atomic mass is 32.1. The van der Waals surface area contributed by atoms with Gasteiger partial charge >= 0.3 is 0 Å². The van der Waals surface area contributed by atoms with E-state index in [9.17, 15) is 39.3 Å². The van der Waals surface area contributed by atoms with Crippen LogP contribution in [-0.2, 0) is 32.0 Å². The summed E-state index contributed by atoms with van der Waals surface area (Å²) in [7, 11) is 0. The molecule has 17 heteroatoms. The number of fused-ring (bicyclic) bond motifs is 1. The van der Waals surface area contributed by atoms with Crippen LogP contribution in [0.15, 0.2) is 60.8 Å². The lowest BCUT2D eigenvalue weighted by atomic mass is 10.0. The number of rotatable bonds is 21. The van der Waals surface area contributed by atoms with Crippen molar-refractivity contribution in [3.8, 4) is 0 Å². The third-order valence-electron chi connectivity index (χ3n) is 9.24. The summed E-state index contributed by atoms with van der Waals surface area (Å²) in [5, 5.41) is 36.8. The zero-order valence-electron chi connectivity index (χ0n) is 30.6. The quantitative estimate of drug-likeness (QED) is 0.0442. The first-order chi connectivity index (χ1) is 25.7. The highest BCUT2D eigenvalue weighted by molar-refractivity contribution is 7.80. The van der Waals surface area contributed by atoms with E-state index in [4.69, 9.17) is 22.9 Å². The van der Waals surface area contributed by atoms with Crippen LogP contribution in [0.3, 0.4) is 0 Å². The summed E-state index contributed by atoms with van der Waals surface area (Å²) in [4.78, 5) is 67.8. The second kappa shape index (κ2) is 20.9. The van der Waals surface area contributed by atoms with Gasteiger partial charge in [0.15, 0.2) is 0 Å². The Morgan fingerprint density at radius 3 is 2.09 bits per heavy atom. The first-order valence-electron chi connectivity index (χ1n) is 17.8. The Labute approximate surface area is 320 Å². The van der Waals surface area contributed by atoms with E-state index in [1.54, 1.807) is 30.5 Å². The van der Waals surface area contributed by atoms with Gasteiger partial charge in [0.05, 0.1) is 42.5 Å². The highest BCUT2D eigenvalue weighted by Gasteiger charge is 2.41. The smallest absolute Gasteiger partial charge is 0.248 e. The Kier molecular flexibility index (Phi) is 17.1. The fourth-order valence-electron chi connectivity index (χ4n) is 6.24. The number of nitrogens with one attached hydrogen (secondary N) is 2. The molecule has 0 bridgehead atoms. The molecule has 0 radical (unpaired) electrons. The van der Waals surface area contributed by atoms with Crippen molar-refractivity contribution in [3.63, 3.8) is 0 Å². The molecule has 0 saturated carbocycles. The lowest BCUT2D eigenvalue weighted by Gasteiger charge is -2.39. The van der Waals surface area contributed by atoms with Gasteiger partial charge in [-0.3, -0.25) is 28.5 Å². The molecule has 16 nitrogen and oxygen atoms in total. The second-order valence-corrected chi connectivity index (χ2v) is 13.8. The topological polar surface area (TPSA) is 282 Å². The summed E-state index contributed by atoms with van der Waals surface area (Å²) in [5.41, 5.74) is 26.0. The van der Waals surface area contributed by atoms with Crippen LogP contribution in [0.1, 0.15) is 49.0 Å². The monoisotopic (exact) mass is 770 g/mol. The van der Waals surface area contributed by atoms with Gasteiger partial charge in [0, 0.05) is 17.3 Å². The lowest BCUT2D eigenvalue weighted by molar-refractivity contribution is -0.151. The maximum atomic E-state index is 13.9. The molecule has 0 aliphatic heterocycles. The predicted octanol–water partition coefficient (Wildman–Crippen LogP) is -1.45. The highest BCUT2D eigenvalue weighted by Crippen LogP contribution is 2.23. The van der Waals surface area contributed by atoms with Crippen LogP contribution >= 0.6 is 12.6 Å². The number of unbranched alkanes of at least 4 members (excludes halogenated alkanes) is 1. The van der Waals surface area contributed by atoms with E-state index >= 15 is 0 Å². The van der Waals surface area contributed by atoms with Gasteiger partial charge in [-0.1, -0.05) is 48.5 Å². The van der Waals surface area contributed by atoms with Crippen molar-refractivity contribution in [2.45, 2.75) is 94.4 Å². The van der Waals surface area contributed by atoms with Crippen LogP contribution in [0.4, 0.5) is 0 Å². The first-order valence-corrected chi connectivity index (χ1v) is 18.5. The van der Waals surface area contributed by atoms with E-state index < -0.39 is 78.7 Å². The minimum atomic E-state index is -1.69. The van der Waals surface area contributed by atoms with Gasteiger partial charge in [0.25, 0.3) is 0 Å². The molecule has 8 atom stereocenters. The minimum Gasteiger partial charge on any atom is -0.394 e. The number of para-hydroxylation sites is 1. The Hall–Kier alpha value is -4.36. The molecule has 0 aliphatic carbocycles. The number of carbonyl (C=O) groups excluding carboxylic acids is 5. The number of aliphatic hydroxyl groups is 3. The number of nitrogens with zero attached hydrogens (tertiary/aromatic N) is 2. The van der Waals surface area contributed by atoms with Crippen molar-refractivity contribution in [2.24, 2.45) is 22.9 Å². The zero-order valence-corrected chi connectivity index (χ0v) is 31.5. The molecule has 1 aromatic heterocycles. The summed E-state index contributed by atoms with van der Waals surface area (Å²) in [6.45, 7) is 2.05. The van der Waals surface area contributed by atoms with E-state index in [1.807, 2.05) is 30.3 Å². The molecule has 13 N–H and O–H groups in total. The number of aromatic nitrogens is 1. The molecule has 0 saturated heterocycles. The molecular weight excluding hydrogens is 717 g/mol. The Morgan fingerprint density at radius 1 is 0.870 bits per heavy atom. The number of hydrogen-bond donors (Lipinski definition) is 10. The Bertz CT molecular complexity index is 1720. The predicted molar refractivity (Wildman–Crippen MR) is 207 cm³/mol. The summed E-state index contributed by atoms with van der Waals surface area (Å²) in [5.74, 6) is -4.18. The fourth-order valence-corrected chi connectivity index (χ4v) is 6.59. The van der Waals surface area contributed by atoms with Crippen LogP contribution in [-0.4, -0.2) is 122 Å². The van der Waals surface area contributed by atoms with Crippen LogP contribution in [0.25, 0.3) is 10.9 Å². The Balaban J connectivity index is 1.84. The van der Waals surface area contributed by atoms with Gasteiger partial charge < -0.3 is 53.8 Å². The van der Waals surface area contributed by atoms with E-state index in [2.05, 4.69) is 23.3 Å². The molecule has 2 unspecified atom stereocenters. The van der Waals surface area contributed by atoms with Crippen LogP contribution in [0.5, 0.6) is 0 Å². The van der Waals surface area contributed by atoms with Crippen molar-refractivity contribution < 1.29 is 39.3 Å². The molecular formula is C37H54N8O8S. The molecule has 0 aliphatic rings. The maximum absolute atomic E-state index is 13.9. The number of benzene rings is 2. The van der Waals surface area contributed by atoms with Crippen molar-refractivity contribution >= 4 is 53.1 Å². The third-order valence-corrected chi connectivity index (χ3v) is 9.59. The third kappa shape index (κ3) is 11.3. The number of nitrogens with two attached hydrogens (primary N) is 4. The molecule has 4 amide bonds. The Morgan fingerprint density at radius 2 is 1.52 bits per heavy atom. The average Bonchev–Trinajstić information content (AvgIpc) is 3.50. The van der Waals surface area contributed by atoms with Gasteiger partial charge in [-0.2, -0.15) is 12.6 Å². The number of aliphatic hydroxyl groups excluding tert-OH is 3. The van der Waals surface area contributed by atoms with E-state index in [1.165, 1.54) is 18.4 Å². The van der Waals surface area contributed by atoms with Crippen LogP contribution in [0, 0.1) is 0 Å². The molecule has 1 heterocycles. The van der Waals surface area contributed by atoms with Crippen molar-refractivity contribution in [1.29, 1.82) is 0 Å². The maximum Gasteiger partial charge on any atom is 0.248 e. The molecule has 0 spiro atoms. The average molecular weight is 771 g/mol. The molecule has 3 rings (SSSR count). The van der Waals surface area contributed by atoms with Gasteiger partial charge in [0.2, 0.25) is 29.5 Å². The summed E-state index contributed by atoms with van der Waals surface area (Å²) < 4.78 is 1.46. The number of thiol groups is 1. The summed E-state index contributed by atoms with van der Waals surface area (Å²) in [6, 6.07) is 8.82. The number of amides is 4. The van der Waals surface area contributed by atoms with E-state index in [0.717, 1.165) is 10.5 Å². The number of carbonyl (C=O) groups is 5. The zero-order chi connectivity index (χ0) is 40.1. The second-order valence-electron chi connectivity index (χ2n) is 13.4. The van der Waals surface area contributed by atoms with E-state index in [-0.39, 0.29) is 24.5 Å². The van der Waals surface area contributed by atoms with Crippen LogP contribution in [0.2, 0.25) is 0 Å². The minimum absolute atomic E-state index is 0.0123. The largest absolute Gasteiger partial charge is 0.394 e. The first kappa shape index (κ1) is 44.0. The normalized spacial score (nSPS) is 15.9. The van der Waals surface area contributed by atoms with Gasteiger partial charge in [-0.15, -0.1) is 0 Å². The van der Waals surface area contributed by atoms with Gasteiger partial charge in [0.1, 0.15) is 18.1 Å². The summed E-state index contributed by atoms with van der Waals surface area (Å²) >= 11 is 4.11. The molecule has 0 fully saturated rings. The van der Waals surface area contributed by atoms with Gasteiger partial charge in [-0.05, 0) is 69.7 Å². The molecule has 3 aromatic rings. The number of primary amides is 1. The lowest BCUT2D eigenvalue weighted by Crippen LogP contribution is -2.65. The molecule has 296 valence electrons. The van der Waals surface area contributed by atoms with Crippen LogP contribution < -0.4 is 33.6 Å².